The number of anilines is 1. The lowest BCUT2D eigenvalue weighted by atomic mass is 10.0. The first-order chi connectivity index (χ1) is 19.9. The van der Waals surface area contributed by atoms with Gasteiger partial charge in [0.1, 0.15) is 6.33 Å². The second kappa shape index (κ2) is 13.2. The first-order valence-electron chi connectivity index (χ1n) is 12.1. The molecule has 1 fully saturated rings. The zero-order chi connectivity index (χ0) is 29.1. The maximum atomic E-state index is 12.1. The Labute approximate surface area is 245 Å². The van der Waals surface area contributed by atoms with Gasteiger partial charge in [0.25, 0.3) is 5.56 Å². The number of aromatic nitrogens is 8. The van der Waals surface area contributed by atoms with Crippen LogP contribution >= 0.6 is 35.0 Å². The topological polar surface area (TPSA) is 197 Å². The van der Waals surface area contributed by atoms with Gasteiger partial charge in [0, 0.05) is 53.6 Å². The molecule has 3 N–H and O–H groups in total. The minimum absolute atomic E-state index is 0.153. The second-order valence-corrected chi connectivity index (χ2v) is 9.91. The molecule has 3 unspecified atom stereocenters. The first kappa shape index (κ1) is 30.0. The van der Waals surface area contributed by atoms with Crippen molar-refractivity contribution in [2.24, 2.45) is 5.92 Å². The largest absolute Gasteiger partial charge is 0.383 e. The van der Waals surface area contributed by atoms with Gasteiger partial charge in [-0.3, -0.25) is 17.9 Å². The normalized spacial score (nSPS) is 22.3. The average Bonchev–Trinajstić information content (AvgIpc) is 3.72. The molecule has 41 heavy (non-hydrogen) atoms. The number of hydrogen-bond acceptors (Lipinski definition) is 16. The smallest absolute Gasteiger partial charge is 0.258 e. The summed E-state index contributed by atoms with van der Waals surface area (Å²) < 4.78 is 37.8. The molecule has 4 aromatic rings. The van der Waals surface area contributed by atoms with Gasteiger partial charge in [0.15, 0.2) is 41.8 Å². The molecule has 0 aromatic carbocycles. The highest BCUT2D eigenvalue weighted by Crippen LogP contribution is 2.36. The van der Waals surface area contributed by atoms with Gasteiger partial charge in [-0.1, -0.05) is 5.21 Å². The number of hydrogen-bond donors (Lipinski definition) is 4. The van der Waals surface area contributed by atoms with Crippen molar-refractivity contribution in [3.63, 3.8) is 0 Å². The van der Waals surface area contributed by atoms with E-state index in [9.17, 15) is 9.90 Å². The Hall–Kier alpha value is -2.45. The number of fused-ring (bicyclic) bond motifs is 2. The van der Waals surface area contributed by atoms with E-state index >= 15 is 0 Å². The van der Waals surface area contributed by atoms with Crippen LogP contribution < -0.4 is 11.3 Å². The molecule has 0 amide bonds. The van der Waals surface area contributed by atoms with Crippen molar-refractivity contribution in [1.82, 2.24) is 38.9 Å². The van der Waals surface area contributed by atoms with E-state index in [0.29, 0.717) is 17.6 Å². The SMILES string of the molecule is COC(OC(S)OC[C@H]1C[C@H](n2nnc3c(N)ncnc32)O[C@@H]1COP)[C@@H](O)[C@@H](OS)n1ccc(=O)n2ccnc12. The Kier molecular flexibility index (Phi) is 9.70. The minimum atomic E-state index is -1.44. The highest BCUT2D eigenvalue weighted by atomic mass is 32.1. The fourth-order valence-corrected chi connectivity index (χ4v) is 5.18. The molecule has 1 aliphatic heterocycles. The second-order valence-electron chi connectivity index (χ2n) is 8.95. The Morgan fingerprint density at radius 2 is 2.12 bits per heavy atom. The number of aliphatic hydroxyl groups excluding tert-OH is 1. The maximum Gasteiger partial charge on any atom is 0.258 e. The van der Waals surface area contributed by atoms with E-state index in [0.717, 1.165) is 0 Å². The lowest BCUT2D eigenvalue weighted by molar-refractivity contribution is -0.254. The first-order valence-corrected chi connectivity index (χ1v) is 13.5. The summed E-state index contributed by atoms with van der Waals surface area (Å²) >= 11 is 8.27. The molecule has 0 saturated carbocycles. The summed E-state index contributed by atoms with van der Waals surface area (Å²) in [6.07, 6.45) is 1.43. The van der Waals surface area contributed by atoms with Gasteiger partial charge < -0.3 is 34.3 Å². The molecule has 1 saturated heterocycles. The standard InChI is InChI=1S/C21H28N9O8PS2/c1-33-19(15(32)18(38-41)29-4-2-12(31)28-5-3-23-20(28)29)37-21(40)34-7-10-6-13(36-11(10)8-35-39)30-17-14(26-27-30)16(22)24-9-25-17/h2-5,9-11,13,15,18-19,21,32,40-41H,6-8,39H2,1H3,(H2,22,24,25)/t10-,11-,13-,15+,18-,19?,21?/m1/s1. The van der Waals surface area contributed by atoms with Crippen molar-refractivity contribution < 1.29 is 32.8 Å². The molecule has 0 aliphatic carbocycles. The van der Waals surface area contributed by atoms with Crippen LogP contribution in [0.3, 0.4) is 0 Å². The molecule has 5 rings (SSSR count). The number of nitrogens with two attached hydrogens (primary N) is 1. The Morgan fingerprint density at radius 1 is 1.29 bits per heavy atom. The summed E-state index contributed by atoms with van der Waals surface area (Å²) in [5, 5.41) is 19.3. The third kappa shape index (κ3) is 6.19. The summed E-state index contributed by atoms with van der Waals surface area (Å²) in [4.78, 5) is 24.4. The summed E-state index contributed by atoms with van der Waals surface area (Å²) in [6.45, 7) is 0.416. The molecule has 0 radical (unpaired) electrons. The van der Waals surface area contributed by atoms with Crippen LogP contribution in [0, 0.1) is 5.92 Å². The molecular formula is C21H28N9O8PS2. The fraction of sp³-hybridized carbons (Fsp3) is 0.524. The summed E-state index contributed by atoms with van der Waals surface area (Å²) in [6, 6.07) is 1.30. The van der Waals surface area contributed by atoms with Crippen LogP contribution in [0.2, 0.25) is 0 Å². The predicted octanol–water partition coefficient (Wildman–Crippen LogP) is -0.0365. The van der Waals surface area contributed by atoms with E-state index in [1.54, 1.807) is 4.68 Å². The lowest BCUT2D eigenvalue weighted by Gasteiger charge is -2.30. The third-order valence-electron chi connectivity index (χ3n) is 6.54. The van der Waals surface area contributed by atoms with Gasteiger partial charge in [0.05, 0.1) is 19.3 Å². The van der Waals surface area contributed by atoms with Crippen molar-refractivity contribution in [2.45, 2.75) is 43.0 Å². The van der Waals surface area contributed by atoms with Crippen LogP contribution in [0.15, 0.2) is 35.8 Å². The average molecular weight is 630 g/mol. The number of imidazole rings is 1. The van der Waals surface area contributed by atoms with E-state index < -0.39 is 30.5 Å². The number of nitrogen functional groups attached to an aromatic ring is 1. The number of nitrogens with zero attached hydrogens (tertiary/aromatic N) is 8. The lowest BCUT2D eigenvalue weighted by Crippen LogP contribution is -2.41. The number of methoxy groups -OCH3 is 1. The van der Waals surface area contributed by atoms with E-state index in [-0.39, 0.29) is 42.4 Å². The number of rotatable bonds is 13. The van der Waals surface area contributed by atoms with Gasteiger partial charge in [-0.25, -0.2) is 15.0 Å². The molecule has 1 aliphatic rings. The zero-order valence-corrected chi connectivity index (χ0v) is 24.4. The summed E-state index contributed by atoms with van der Waals surface area (Å²) in [5.74, 6) is 0.276. The van der Waals surface area contributed by atoms with Crippen molar-refractivity contribution in [2.75, 3.05) is 26.1 Å². The van der Waals surface area contributed by atoms with Crippen molar-refractivity contribution in [3.05, 3.63) is 41.3 Å². The molecule has 0 spiro atoms. The summed E-state index contributed by atoms with van der Waals surface area (Å²) in [7, 11) is 3.53. The maximum absolute atomic E-state index is 12.1. The van der Waals surface area contributed by atoms with Crippen LogP contribution in [0.5, 0.6) is 0 Å². The Morgan fingerprint density at radius 3 is 2.88 bits per heavy atom. The van der Waals surface area contributed by atoms with Crippen LogP contribution in [-0.2, 0) is 27.7 Å². The van der Waals surface area contributed by atoms with E-state index in [4.69, 9.17) is 33.4 Å². The van der Waals surface area contributed by atoms with Gasteiger partial charge in [-0.05, 0) is 12.9 Å². The van der Waals surface area contributed by atoms with Gasteiger partial charge in [-0.15, -0.1) is 17.7 Å². The van der Waals surface area contributed by atoms with Crippen LogP contribution in [0.4, 0.5) is 5.82 Å². The van der Waals surface area contributed by atoms with E-state index in [1.807, 2.05) is 0 Å². The highest BCUT2D eigenvalue weighted by molar-refractivity contribution is 7.80. The monoisotopic (exact) mass is 629 g/mol. The molecule has 4 aromatic heterocycles. The fourth-order valence-electron chi connectivity index (χ4n) is 4.55. The highest BCUT2D eigenvalue weighted by Gasteiger charge is 2.39. The Bertz CT molecular complexity index is 1530. The van der Waals surface area contributed by atoms with Crippen LogP contribution in [-0.4, -0.2) is 88.5 Å². The molecule has 222 valence electrons. The van der Waals surface area contributed by atoms with Crippen molar-refractivity contribution in [3.8, 4) is 0 Å². The van der Waals surface area contributed by atoms with Crippen LogP contribution in [0.25, 0.3) is 16.9 Å². The van der Waals surface area contributed by atoms with E-state index in [2.05, 4.69) is 60.3 Å². The molecule has 0 bridgehead atoms. The van der Waals surface area contributed by atoms with Crippen LogP contribution in [0.1, 0.15) is 18.9 Å². The van der Waals surface area contributed by atoms with Gasteiger partial charge in [-0.2, -0.15) is 4.68 Å². The van der Waals surface area contributed by atoms with E-state index in [1.165, 1.54) is 47.1 Å². The molecule has 5 heterocycles. The quantitative estimate of drug-likeness (QED) is 0.0665. The molecular weight excluding hydrogens is 601 g/mol. The zero-order valence-electron chi connectivity index (χ0n) is 21.5. The van der Waals surface area contributed by atoms with Crippen molar-refractivity contribution >= 4 is 57.8 Å². The number of aliphatic hydroxyl groups is 1. The predicted molar refractivity (Wildman–Crippen MR) is 150 cm³/mol. The van der Waals surface area contributed by atoms with Crippen molar-refractivity contribution in [1.29, 1.82) is 0 Å². The number of thiol groups is 2. The molecule has 8 atom stereocenters. The number of ether oxygens (including phenoxy) is 4. The minimum Gasteiger partial charge on any atom is -0.383 e. The molecule has 17 nitrogen and oxygen atoms in total. The van der Waals surface area contributed by atoms with Gasteiger partial charge >= 0.3 is 0 Å². The third-order valence-corrected chi connectivity index (χ3v) is 7.22. The molecule has 20 heteroatoms. The summed E-state index contributed by atoms with van der Waals surface area (Å²) in [5.41, 5.74) is 5.28. The Balaban J connectivity index is 1.23. The van der Waals surface area contributed by atoms with Gasteiger partial charge in [0.2, 0.25) is 11.4 Å².